The third-order valence-corrected chi connectivity index (χ3v) is 9.19. The molecule has 5 heterocycles. The summed E-state index contributed by atoms with van der Waals surface area (Å²) in [5.41, 5.74) is 3.98. The van der Waals surface area contributed by atoms with Crippen LogP contribution in [0.15, 0.2) is 30.6 Å². The standard InChI is InChI=1S/C29H30F3N7OS/c1-17-18(2-4-25-23(17)10-21(13-33)39(25)15-20-3-5-26(40)36-20)14-38-8-6-19(7-9-38)37-27-24-11-22(12-29(30,31)32)41-28(24)35-16-34-27/h2,4,10-11,16,19-20H,3,5-9,12,14-15H2,1H3,(H,36,40)(H,34,35,37). The van der Waals surface area contributed by atoms with Gasteiger partial charge in [-0.05, 0) is 55.5 Å². The number of carbonyl (C=O) groups excluding carboxylic acids is 1. The number of anilines is 1. The van der Waals surface area contributed by atoms with E-state index in [0.717, 1.165) is 66.7 Å². The third-order valence-electron chi connectivity index (χ3n) is 8.15. The number of fused-ring (bicyclic) bond motifs is 2. The first kappa shape index (κ1) is 27.5. The molecule has 8 nitrogen and oxygen atoms in total. The van der Waals surface area contributed by atoms with Crippen molar-refractivity contribution in [3.63, 3.8) is 0 Å². The monoisotopic (exact) mass is 581 g/mol. The minimum atomic E-state index is -4.26. The van der Waals surface area contributed by atoms with E-state index in [4.69, 9.17) is 0 Å². The predicted octanol–water partition coefficient (Wildman–Crippen LogP) is 5.29. The van der Waals surface area contributed by atoms with Crippen LogP contribution in [0.25, 0.3) is 21.1 Å². The Labute approximate surface area is 239 Å². The second-order valence-corrected chi connectivity index (χ2v) is 12.1. The van der Waals surface area contributed by atoms with Crippen LogP contribution >= 0.6 is 11.3 Å². The first-order valence-electron chi connectivity index (χ1n) is 13.8. The summed E-state index contributed by atoms with van der Waals surface area (Å²) in [6, 6.07) is 10.3. The summed E-state index contributed by atoms with van der Waals surface area (Å²) in [5, 5.41) is 17.9. The van der Waals surface area contributed by atoms with Gasteiger partial charge in [0, 0.05) is 60.5 Å². The number of nitriles is 1. The van der Waals surface area contributed by atoms with Gasteiger partial charge in [0.25, 0.3) is 0 Å². The molecule has 0 saturated carbocycles. The van der Waals surface area contributed by atoms with Crippen molar-refractivity contribution >= 4 is 44.2 Å². The zero-order valence-corrected chi connectivity index (χ0v) is 23.4. The van der Waals surface area contributed by atoms with Gasteiger partial charge in [0.15, 0.2) is 0 Å². The van der Waals surface area contributed by atoms with Gasteiger partial charge in [-0.3, -0.25) is 9.69 Å². The lowest BCUT2D eigenvalue weighted by Crippen LogP contribution is -2.39. The number of piperidine rings is 1. The summed E-state index contributed by atoms with van der Waals surface area (Å²) in [7, 11) is 0. The number of likely N-dealkylation sites (tertiary alicyclic amines) is 1. The van der Waals surface area contributed by atoms with Crippen LogP contribution < -0.4 is 10.6 Å². The Bertz CT molecular complexity index is 1650. The molecule has 1 aromatic carbocycles. The van der Waals surface area contributed by atoms with E-state index >= 15 is 0 Å². The van der Waals surface area contributed by atoms with Gasteiger partial charge in [-0.15, -0.1) is 11.3 Å². The number of aryl methyl sites for hydroxylation is 1. The van der Waals surface area contributed by atoms with Gasteiger partial charge in [-0.2, -0.15) is 18.4 Å². The second-order valence-electron chi connectivity index (χ2n) is 11.0. The molecule has 1 atom stereocenters. The van der Waals surface area contributed by atoms with E-state index in [2.05, 4.69) is 50.6 Å². The van der Waals surface area contributed by atoms with Crippen LogP contribution in [-0.2, 0) is 24.3 Å². The average Bonchev–Trinajstić information content (AvgIpc) is 3.63. The maximum Gasteiger partial charge on any atom is 0.393 e. The van der Waals surface area contributed by atoms with Gasteiger partial charge in [0.1, 0.15) is 28.7 Å². The normalized spacial score (nSPS) is 18.7. The van der Waals surface area contributed by atoms with E-state index in [1.54, 1.807) is 6.07 Å². The summed E-state index contributed by atoms with van der Waals surface area (Å²) in [4.78, 5) is 23.4. The average molecular weight is 582 g/mol. The highest BCUT2D eigenvalue weighted by atomic mass is 32.1. The number of rotatable bonds is 7. The number of alkyl halides is 3. The minimum absolute atomic E-state index is 0.0419. The van der Waals surface area contributed by atoms with Crippen molar-refractivity contribution in [2.45, 2.75) is 70.4 Å². The van der Waals surface area contributed by atoms with E-state index in [-0.39, 0.29) is 22.9 Å². The Morgan fingerprint density at radius 3 is 2.68 bits per heavy atom. The third kappa shape index (κ3) is 5.87. The number of benzene rings is 1. The molecular weight excluding hydrogens is 551 g/mol. The summed E-state index contributed by atoms with van der Waals surface area (Å²) in [6.45, 7) is 5.23. The molecule has 3 aromatic heterocycles. The fraction of sp³-hybridized carbons (Fsp3) is 0.448. The zero-order chi connectivity index (χ0) is 28.7. The van der Waals surface area contributed by atoms with Gasteiger partial charge < -0.3 is 15.2 Å². The Morgan fingerprint density at radius 1 is 1.17 bits per heavy atom. The summed E-state index contributed by atoms with van der Waals surface area (Å²) in [6.07, 6.45) is -0.738. The molecule has 1 unspecified atom stereocenters. The van der Waals surface area contributed by atoms with Crippen LogP contribution in [0.5, 0.6) is 0 Å². The van der Waals surface area contributed by atoms with Gasteiger partial charge in [-0.1, -0.05) is 6.07 Å². The number of amides is 1. The lowest BCUT2D eigenvalue weighted by molar-refractivity contribution is -0.126. The quantitative estimate of drug-likeness (QED) is 0.308. The molecular formula is C29H30F3N7OS. The van der Waals surface area contributed by atoms with E-state index in [0.29, 0.717) is 34.7 Å². The number of hydrogen-bond donors (Lipinski definition) is 2. The molecule has 0 spiro atoms. The highest BCUT2D eigenvalue weighted by molar-refractivity contribution is 7.18. The van der Waals surface area contributed by atoms with Crippen LogP contribution in [0, 0.1) is 18.3 Å². The SMILES string of the molecule is Cc1c(CN2CCC(Nc3ncnc4sc(CC(F)(F)F)cc34)CC2)ccc2c1cc(C#N)n2CC1CCC(=O)N1. The maximum absolute atomic E-state index is 12.9. The Kier molecular flexibility index (Phi) is 7.34. The largest absolute Gasteiger partial charge is 0.393 e. The van der Waals surface area contributed by atoms with Crippen LogP contribution in [0.3, 0.4) is 0 Å². The van der Waals surface area contributed by atoms with E-state index < -0.39 is 12.6 Å². The molecule has 2 aliphatic rings. The first-order valence-corrected chi connectivity index (χ1v) is 14.6. The van der Waals surface area contributed by atoms with Crippen molar-refractivity contribution in [2.24, 2.45) is 0 Å². The molecule has 4 aromatic rings. The van der Waals surface area contributed by atoms with Crippen molar-refractivity contribution in [3.8, 4) is 6.07 Å². The molecule has 2 saturated heterocycles. The topological polar surface area (TPSA) is 98.9 Å². The fourth-order valence-electron chi connectivity index (χ4n) is 5.99. The molecule has 0 aliphatic carbocycles. The summed E-state index contributed by atoms with van der Waals surface area (Å²) in [5.74, 6) is 0.656. The van der Waals surface area contributed by atoms with Crippen molar-refractivity contribution in [2.75, 3.05) is 18.4 Å². The van der Waals surface area contributed by atoms with Crippen LogP contribution in [0.4, 0.5) is 19.0 Å². The highest BCUT2D eigenvalue weighted by Crippen LogP contribution is 2.33. The van der Waals surface area contributed by atoms with Gasteiger partial charge in [0.2, 0.25) is 5.91 Å². The lowest BCUT2D eigenvalue weighted by Gasteiger charge is -2.33. The Hall–Kier alpha value is -3.69. The number of nitrogens with one attached hydrogen (secondary N) is 2. The van der Waals surface area contributed by atoms with Crippen LogP contribution in [0.1, 0.15) is 47.4 Å². The molecule has 1 amide bonds. The zero-order valence-electron chi connectivity index (χ0n) is 22.6. The van der Waals surface area contributed by atoms with Crippen LogP contribution in [-0.4, -0.2) is 56.7 Å². The molecule has 2 fully saturated rings. The number of hydrogen-bond acceptors (Lipinski definition) is 7. The molecule has 6 rings (SSSR count). The van der Waals surface area contributed by atoms with Gasteiger partial charge in [-0.25, -0.2) is 9.97 Å². The highest BCUT2D eigenvalue weighted by Gasteiger charge is 2.29. The molecule has 0 radical (unpaired) electrons. The van der Waals surface area contributed by atoms with E-state index in [9.17, 15) is 23.2 Å². The number of nitrogens with zero attached hydrogens (tertiary/aromatic N) is 5. The van der Waals surface area contributed by atoms with Gasteiger partial charge in [0.05, 0.1) is 11.8 Å². The summed E-state index contributed by atoms with van der Waals surface area (Å²) >= 11 is 1.06. The molecule has 2 N–H and O–H groups in total. The molecule has 2 aliphatic heterocycles. The second kappa shape index (κ2) is 10.9. The Morgan fingerprint density at radius 2 is 1.98 bits per heavy atom. The van der Waals surface area contributed by atoms with Crippen molar-refractivity contribution in [3.05, 3.63) is 52.3 Å². The summed E-state index contributed by atoms with van der Waals surface area (Å²) < 4.78 is 40.7. The molecule has 0 bridgehead atoms. The van der Waals surface area contributed by atoms with Crippen molar-refractivity contribution in [1.82, 2.24) is 24.8 Å². The number of thiophene rings is 1. The molecule has 41 heavy (non-hydrogen) atoms. The van der Waals surface area contributed by atoms with Gasteiger partial charge >= 0.3 is 6.18 Å². The number of carbonyl (C=O) groups is 1. The van der Waals surface area contributed by atoms with Crippen LogP contribution in [0.2, 0.25) is 0 Å². The molecule has 12 heteroatoms. The molecule has 214 valence electrons. The predicted molar refractivity (Wildman–Crippen MR) is 152 cm³/mol. The first-order chi connectivity index (χ1) is 19.7. The minimum Gasteiger partial charge on any atom is -0.367 e. The van der Waals surface area contributed by atoms with Crippen molar-refractivity contribution < 1.29 is 18.0 Å². The maximum atomic E-state index is 12.9. The fourth-order valence-corrected chi connectivity index (χ4v) is 7.02. The lowest BCUT2D eigenvalue weighted by atomic mass is 10.0. The Balaban J connectivity index is 1.11. The van der Waals surface area contributed by atoms with E-state index in [1.165, 1.54) is 11.9 Å². The number of halogens is 3. The van der Waals surface area contributed by atoms with Crippen molar-refractivity contribution in [1.29, 1.82) is 5.26 Å². The smallest absolute Gasteiger partial charge is 0.367 e. The van der Waals surface area contributed by atoms with E-state index in [1.807, 2.05) is 10.6 Å². The number of aromatic nitrogens is 3.